The lowest BCUT2D eigenvalue weighted by atomic mass is 9.95. The highest BCUT2D eigenvalue weighted by Crippen LogP contribution is 2.28. The maximum Gasteiger partial charge on any atom is 0.312 e. The number of esters is 4. The molecule has 11 nitrogen and oxygen atoms in total. The molecule has 46 heavy (non-hydrogen) atoms. The molecule has 1 saturated heterocycles. The van der Waals surface area contributed by atoms with Crippen LogP contribution in [-0.2, 0) is 54.1 Å². The number of unbranched alkanes of at least 4 members (excludes halogenated alkanes) is 11. The third kappa shape index (κ3) is 15.7. The number of hydrogen-bond donors (Lipinski definition) is 1. The van der Waals surface area contributed by atoms with Crippen LogP contribution in [0.15, 0.2) is 30.3 Å². The van der Waals surface area contributed by atoms with E-state index in [-0.39, 0.29) is 25.4 Å². The molecule has 0 aliphatic carbocycles. The maximum atomic E-state index is 13.1. The molecular weight excluding hydrogens is 594 g/mol. The van der Waals surface area contributed by atoms with Gasteiger partial charge in [-0.05, 0) is 12.0 Å². The first kappa shape index (κ1) is 38.7. The van der Waals surface area contributed by atoms with Crippen molar-refractivity contribution in [1.29, 1.82) is 0 Å². The van der Waals surface area contributed by atoms with Gasteiger partial charge in [-0.3, -0.25) is 24.0 Å². The SMILES string of the molecule is CCCCCCCCCCCCCCC(=O)NC1C(OC(=O)Cc2ccccc2)OC(COC(C)=O)C(OC(C)=O)C1OC(C)=O. The minimum Gasteiger partial charge on any atom is -0.463 e. The third-order valence-corrected chi connectivity index (χ3v) is 7.73. The molecule has 1 fully saturated rings. The molecule has 11 heteroatoms. The molecule has 5 atom stereocenters. The molecule has 1 aliphatic rings. The molecule has 0 spiro atoms. The fourth-order valence-electron chi connectivity index (χ4n) is 5.47. The van der Waals surface area contributed by atoms with Gasteiger partial charge >= 0.3 is 23.9 Å². The fraction of sp³-hybridized carbons (Fsp3) is 0.686. The quantitative estimate of drug-likeness (QED) is 0.103. The Morgan fingerprint density at radius 3 is 1.78 bits per heavy atom. The van der Waals surface area contributed by atoms with E-state index in [1.54, 1.807) is 24.3 Å². The molecule has 0 aromatic heterocycles. The summed E-state index contributed by atoms with van der Waals surface area (Å²) in [7, 11) is 0. The Morgan fingerprint density at radius 1 is 0.696 bits per heavy atom. The molecule has 1 aromatic rings. The number of benzene rings is 1. The lowest BCUT2D eigenvalue weighted by Crippen LogP contribution is -2.67. The van der Waals surface area contributed by atoms with E-state index in [0.29, 0.717) is 12.0 Å². The highest BCUT2D eigenvalue weighted by atomic mass is 16.7. The van der Waals surface area contributed by atoms with E-state index in [9.17, 15) is 24.0 Å². The molecule has 258 valence electrons. The highest BCUT2D eigenvalue weighted by Gasteiger charge is 2.52. The zero-order valence-electron chi connectivity index (χ0n) is 28.0. The van der Waals surface area contributed by atoms with Gasteiger partial charge in [-0.2, -0.15) is 0 Å². The molecule has 0 saturated carbocycles. The Balaban J connectivity index is 2.06. The van der Waals surface area contributed by atoms with E-state index in [2.05, 4.69) is 12.2 Å². The second-order valence-electron chi connectivity index (χ2n) is 11.9. The van der Waals surface area contributed by atoms with Crippen LogP contribution in [0.4, 0.5) is 0 Å². The van der Waals surface area contributed by atoms with Crippen LogP contribution in [0.2, 0.25) is 0 Å². The largest absolute Gasteiger partial charge is 0.463 e. The predicted molar refractivity (Wildman–Crippen MR) is 170 cm³/mol. The fourth-order valence-corrected chi connectivity index (χ4v) is 5.47. The predicted octanol–water partition coefficient (Wildman–Crippen LogP) is 5.50. The van der Waals surface area contributed by atoms with Gasteiger partial charge in [-0.15, -0.1) is 0 Å². The molecule has 0 bridgehead atoms. The van der Waals surface area contributed by atoms with Gasteiger partial charge in [-0.25, -0.2) is 0 Å². The maximum absolute atomic E-state index is 13.1. The molecule has 1 N–H and O–H groups in total. The summed E-state index contributed by atoms with van der Waals surface area (Å²) in [6, 6.07) is 7.71. The Bertz CT molecular complexity index is 1080. The van der Waals surface area contributed by atoms with Crippen molar-refractivity contribution in [3.8, 4) is 0 Å². The molecule has 5 unspecified atom stereocenters. The number of carbonyl (C=O) groups is 5. The van der Waals surface area contributed by atoms with E-state index >= 15 is 0 Å². The summed E-state index contributed by atoms with van der Waals surface area (Å²) in [5.41, 5.74) is 0.696. The number of rotatable bonds is 21. The summed E-state index contributed by atoms with van der Waals surface area (Å²) < 4.78 is 27.8. The monoisotopic (exact) mass is 647 g/mol. The van der Waals surface area contributed by atoms with Crippen LogP contribution in [0.1, 0.15) is 117 Å². The van der Waals surface area contributed by atoms with Gasteiger partial charge in [0.2, 0.25) is 12.2 Å². The minimum absolute atomic E-state index is 0.0829. The minimum atomic E-state index is -1.43. The Labute approximate surface area is 273 Å². The molecule has 1 aromatic carbocycles. The van der Waals surface area contributed by atoms with Gasteiger partial charge in [0.1, 0.15) is 18.8 Å². The standard InChI is InChI=1S/C35H53NO10/c1-5-6-7-8-9-10-11-12-13-14-15-19-22-30(40)36-32-34(44-27(4)39)33(43-26(3)38)29(24-42-25(2)37)45-35(32)46-31(41)23-28-20-17-16-18-21-28/h16-18,20-21,29,32-35H,5-15,19,22-24H2,1-4H3,(H,36,40). The highest BCUT2D eigenvalue weighted by molar-refractivity contribution is 5.77. The molecule has 0 radical (unpaired) electrons. The van der Waals surface area contributed by atoms with Crippen LogP contribution in [0, 0.1) is 0 Å². The second-order valence-corrected chi connectivity index (χ2v) is 11.9. The number of carbonyl (C=O) groups excluding carboxylic acids is 5. The van der Waals surface area contributed by atoms with Crippen LogP contribution < -0.4 is 5.32 Å². The summed E-state index contributed by atoms with van der Waals surface area (Å²) in [5.74, 6) is -3.06. The van der Waals surface area contributed by atoms with E-state index in [1.807, 2.05) is 6.07 Å². The molecule has 1 heterocycles. The molecule has 1 amide bonds. The molecule has 1 aliphatic heterocycles. The normalized spacial score (nSPS) is 20.7. The first-order chi connectivity index (χ1) is 22.1. The number of ether oxygens (including phenoxy) is 5. The molecule has 2 rings (SSSR count). The van der Waals surface area contributed by atoms with Crippen molar-refractivity contribution < 1.29 is 47.7 Å². The van der Waals surface area contributed by atoms with E-state index in [4.69, 9.17) is 23.7 Å². The van der Waals surface area contributed by atoms with Crippen molar-refractivity contribution in [3.05, 3.63) is 35.9 Å². The lowest BCUT2D eigenvalue weighted by Gasteiger charge is -2.44. The zero-order valence-corrected chi connectivity index (χ0v) is 28.0. The average molecular weight is 648 g/mol. The number of hydrogen-bond acceptors (Lipinski definition) is 10. The van der Waals surface area contributed by atoms with Crippen molar-refractivity contribution in [1.82, 2.24) is 5.32 Å². The van der Waals surface area contributed by atoms with Crippen molar-refractivity contribution in [2.75, 3.05) is 6.61 Å². The summed E-state index contributed by atoms with van der Waals surface area (Å²) in [6.45, 7) is 5.38. The van der Waals surface area contributed by atoms with Crippen LogP contribution in [-0.4, -0.2) is 67.0 Å². The summed E-state index contributed by atoms with van der Waals surface area (Å²) >= 11 is 0. The van der Waals surface area contributed by atoms with Gasteiger partial charge in [0.05, 0.1) is 6.42 Å². The second kappa shape index (κ2) is 22.1. The van der Waals surface area contributed by atoms with Crippen molar-refractivity contribution >= 4 is 29.8 Å². The summed E-state index contributed by atoms with van der Waals surface area (Å²) in [4.78, 5) is 62.0. The van der Waals surface area contributed by atoms with Crippen molar-refractivity contribution in [2.45, 2.75) is 148 Å². The van der Waals surface area contributed by atoms with Crippen LogP contribution in [0.25, 0.3) is 0 Å². The van der Waals surface area contributed by atoms with Crippen LogP contribution >= 0.6 is 0 Å². The van der Waals surface area contributed by atoms with E-state index in [0.717, 1.165) is 19.3 Å². The Morgan fingerprint density at radius 2 is 1.24 bits per heavy atom. The van der Waals surface area contributed by atoms with E-state index in [1.165, 1.54) is 72.1 Å². The van der Waals surface area contributed by atoms with E-state index < -0.39 is 54.5 Å². The number of nitrogens with one attached hydrogen (secondary N) is 1. The van der Waals surface area contributed by atoms with Gasteiger partial charge in [0, 0.05) is 27.2 Å². The summed E-state index contributed by atoms with van der Waals surface area (Å²) in [6.07, 6.45) is 8.84. The van der Waals surface area contributed by atoms with Gasteiger partial charge in [0.15, 0.2) is 12.2 Å². The smallest absolute Gasteiger partial charge is 0.312 e. The van der Waals surface area contributed by atoms with Crippen LogP contribution in [0.5, 0.6) is 0 Å². The lowest BCUT2D eigenvalue weighted by molar-refractivity contribution is -0.271. The third-order valence-electron chi connectivity index (χ3n) is 7.73. The summed E-state index contributed by atoms with van der Waals surface area (Å²) in [5, 5.41) is 2.80. The average Bonchev–Trinajstić information content (AvgIpc) is 2.99. The van der Waals surface area contributed by atoms with Crippen molar-refractivity contribution in [3.63, 3.8) is 0 Å². The van der Waals surface area contributed by atoms with Gasteiger partial charge < -0.3 is 29.0 Å². The first-order valence-corrected chi connectivity index (χ1v) is 16.8. The first-order valence-electron chi connectivity index (χ1n) is 16.8. The number of amides is 1. The molecular formula is C35H53NO10. The zero-order chi connectivity index (χ0) is 33.7. The Kier molecular flexibility index (Phi) is 18.6. The topological polar surface area (TPSA) is 144 Å². The Hall–Kier alpha value is -3.47. The van der Waals surface area contributed by atoms with Crippen molar-refractivity contribution in [2.24, 2.45) is 0 Å². The van der Waals surface area contributed by atoms with Crippen LogP contribution in [0.3, 0.4) is 0 Å². The van der Waals surface area contributed by atoms with Gasteiger partial charge in [0.25, 0.3) is 0 Å². The van der Waals surface area contributed by atoms with Gasteiger partial charge in [-0.1, -0.05) is 108 Å².